The van der Waals surface area contributed by atoms with Gasteiger partial charge >= 0.3 is 0 Å². The molecule has 2 aliphatic heterocycles. The van der Waals surface area contributed by atoms with Crippen LogP contribution >= 0.6 is 0 Å². The van der Waals surface area contributed by atoms with Gasteiger partial charge in [-0.25, -0.2) is 4.39 Å². The number of benzene rings is 1. The largest absolute Gasteiger partial charge is 0.369 e. The third-order valence-corrected chi connectivity index (χ3v) is 4.94. The first-order valence-corrected chi connectivity index (χ1v) is 8.63. The molecule has 3 rings (SSSR count). The van der Waals surface area contributed by atoms with Gasteiger partial charge in [0.15, 0.2) is 0 Å². The number of halogens is 1. The standard InChI is InChI=1S/C19H24FN3O/c1-2-4-19(24)23-10-3-5-18(15-23)22-13-11-21(12-14-22)17-8-6-16(20)7-9-17/h6-9,18H,3,5,10-15H2,1H3/t18-/m1/s1. The van der Waals surface area contributed by atoms with Crippen molar-refractivity contribution in [3.8, 4) is 11.8 Å². The van der Waals surface area contributed by atoms with Crippen molar-refractivity contribution in [1.82, 2.24) is 9.80 Å². The smallest absolute Gasteiger partial charge is 0.298 e. The monoisotopic (exact) mass is 329 g/mol. The lowest BCUT2D eigenvalue weighted by Gasteiger charge is -2.43. The zero-order chi connectivity index (χ0) is 16.9. The van der Waals surface area contributed by atoms with E-state index in [1.54, 1.807) is 6.92 Å². The van der Waals surface area contributed by atoms with Crippen LogP contribution in [0, 0.1) is 17.7 Å². The molecule has 2 fully saturated rings. The molecule has 0 aliphatic carbocycles. The van der Waals surface area contributed by atoms with Crippen molar-refractivity contribution >= 4 is 11.6 Å². The van der Waals surface area contributed by atoms with Gasteiger partial charge in [-0.3, -0.25) is 9.69 Å². The number of hydrogen-bond acceptors (Lipinski definition) is 3. The lowest BCUT2D eigenvalue weighted by molar-refractivity contribution is -0.127. The van der Waals surface area contributed by atoms with Crippen molar-refractivity contribution in [2.75, 3.05) is 44.2 Å². The van der Waals surface area contributed by atoms with Gasteiger partial charge in [0, 0.05) is 51.0 Å². The lowest BCUT2D eigenvalue weighted by Crippen LogP contribution is -2.55. The predicted octanol–water partition coefficient (Wildman–Crippen LogP) is 1.96. The second-order valence-corrected chi connectivity index (χ2v) is 6.42. The zero-order valence-electron chi connectivity index (χ0n) is 14.2. The third-order valence-electron chi connectivity index (χ3n) is 4.94. The molecule has 5 heteroatoms. The number of rotatable bonds is 2. The summed E-state index contributed by atoms with van der Waals surface area (Å²) in [5.74, 6) is 5.11. The molecule has 0 aromatic heterocycles. The molecule has 0 unspecified atom stereocenters. The van der Waals surface area contributed by atoms with E-state index >= 15 is 0 Å². The van der Waals surface area contributed by atoms with E-state index in [0.717, 1.165) is 57.8 Å². The number of anilines is 1. The fraction of sp³-hybridized carbons (Fsp3) is 0.526. The molecule has 1 amide bonds. The summed E-state index contributed by atoms with van der Waals surface area (Å²) >= 11 is 0. The van der Waals surface area contributed by atoms with Crippen molar-refractivity contribution in [2.24, 2.45) is 0 Å². The van der Waals surface area contributed by atoms with Gasteiger partial charge in [0.2, 0.25) is 0 Å². The molecule has 2 saturated heterocycles. The molecule has 0 bridgehead atoms. The van der Waals surface area contributed by atoms with Crippen molar-refractivity contribution < 1.29 is 9.18 Å². The highest BCUT2D eigenvalue weighted by Crippen LogP contribution is 2.21. The summed E-state index contributed by atoms with van der Waals surface area (Å²) < 4.78 is 13.0. The summed E-state index contributed by atoms with van der Waals surface area (Å²) in [4.78, 5) is 18.7. The van der Waals surface area contributed by atoms with E-state index in [1.807, 2.05) is 17.0 Å². The molecule has 1 aromatic rings. The second-order valence-electron chi connectivity index (χ2n) is 6.42. The van der Waals surface area contributed by atoms with E-state index in [9.17, 15) is 9.18 Å². The summed E-state index contributed by atoms with van der Waals surface area (Å²) in [7, 11) is 0. The SMILES string of the molecule is CC#CC(=O)N1CCC[C@@H](N2CCN(c3ccc(F)cc3)CC2)C1. The molecule has 0 radical (unpaired) electrons. The van der Waals surface area contributed by atoms with E-state index in [-0.39, 0.29) is 11.7 Å². The molecule has 2 aliphatic rings. The van der Waals surface area contributed by atoms with Crippen LogP contribution in [0.4, 0.5) is 10.1 Å². The molecule has 0 saturated carbocycles. The second kappa shape index (κ2) is 7.67. The normalized spacial score (nSPS) is 22.0. The van der Waals surface area contributed by atoms with Gasteiger partial charge in [0.05, 0.1) is 0 Å². The van der Waals surface area contributed by atoms with Crippen LogP contribution in [0.2, 0.25) is 0 Å². The van der Waals surface area contributed by atoms with Crippen molar-refractivity contribution in [3.63, 3.8) is 0 Å². The van der Waals surface area contributed by atoms with Gasteiger partial charge in [0.1, 0.15) is 5.82 Å². The highest BCUT2D eigenvalue weighted by atomic mass is 19.1. The van der Waals surface area contributed by atoms with Crippen LogP contribution in [0.15, 0.2) is 24.3 Å². The average Bonchev–Trinajstić information content (AvgIpc) is 2.63. The van der Waals surface area contributed by atoms with Crippen LogP contribution in [-0.4, -0.2) is 61.0 Å². The van der Waals surface area contributed by atoms with E-state index in [0.29, 0.717) is 6.04 Å². The number of nitrogens with zero attached hydrogens (tertiary/aromatic N) is 3. The first-order chi connectivity index (χ1) is 11.7. The molecule has 2 heterocycles. The number of piperazine rings is 1. The quantitative estimate of drug-likeness (QED) is 0.776. The van der Waals surface area contributed by atoms with E-state index in [1.165, 1.54) is 12.1 Å². The maximum atomic E-state index is 13.0. The molecule has 24 heavy (non-hydrogen) atoms. The van der Waals surface area contributed by atoms with Gasteiger partial charge in [-0.15, -0.1) is 0 Å². The Bertz CT molecular complexity index is 626. The van der Waals surface area contributed by atoms with Gasteiger partial charge in [-0.2, -0.15) is 0 Å². The Balaban J connectivity index is 1.55. The van der Waals surface area contributed by atoms with Crippen LogP contribution < -0.4 is 4.90 Å². The molecule has 1 aromatic carbocycles. The molecule has 0 spiro atoms. The fourth-order valence-electron chi connectivity index (χ4n) is 3.62. The Morgan fingerprint density at radius 1 is 1.12 bits per heavy atom. The maximum absolute atomic E-state index is 13.0. The zero-order valence-corrected chi connectivity index (χ0v) is 14.2. The summed E-state index contributed by atoms with van der Waals surface area (Å²) in [6.45, 7) is 7.13. The highest BCUT2D eigenvalue weighted by Gasteiger charge is 2.29. The highest BCUT2D eigenvalue weighted by molar-refractivity contribution is 5.93. The maximum Gasteiger partial charge on any atom is 0.298 e. The van der Waals surface area contributed by atoms with E-state index in [2.05, 4.69) is 21.6 Å². The molecular weight excluding hydrogens is 305 g/mol. The lowest BCUT2D eigenvalue weighted by atomic mass is 10.0. The molecule has 4 nitrogen and oxygen atoms in total. The van der Waals surface area contributed by atoms with Crippen molar-refractivity contribution in [3.05, 3.63) is 30.1 Å². The molecule has 128 valence electrons. The Hall–Kier alpha value is -2.06. The minimum Gasteiger partial charge on any atom is -0.369 e. The predicted molar refractivity (Wildman–Crippen MR) is 93.2 cm³/mol. The summed E-state index contributed by atoms with van der Waals surface area (Å²) in [5.41, 5.74) is 1.08. The minimum absolute atomic E-state index is 0.0489. The average molecular weight is 329 g/mol. The number of hydrogen-bond donors (Lipinski definition) is 0. The number of carbonyl (C=O) groups excluding carboxylic acids is 1. The van der Waals surface area contributed by atoms with Crippen LogP contribution in [0.5, 0.6) is 0 Å². The summed E-state index contributed by atoms with van der Waals surface area (Å²) in [5, 5.41) is 0. The van der Waals surface area contributed by atoms with Gasteiger partial charge < -0.3 is 9.80 Å². The number of amides is 1. The Kier molecular flexibility index (Phi) is 5.37. The first kappa shape index (κ1) is 16.8. The van der Waals surface area contributed by atoms with Crippen LogP contribution in [0.1, 0.15) is 19.8 Å². The first-order valence-electron chi connectivity index (χ1n) is 8.63. The van der Waals surface area contributed by atoms with Crippen molar-refractivity contribution in [1.29, 1.82) is 0 Å². The Morgan fingerprint density at radius 2 is 1.83 bits per heavy atom. The topological polar surface area (TPSA) is 26.8 Å². The number of carbonyl (C=O) groups is 1. The molecule has 1 atom stereocenters. The number of piperidine rings is 1. The van der Waals surface area contributed by atoms with Gasteiger partial charge in [-0.05, 0) is 50.0 Å². The van der Waals surface area contributed by atoms with Crippen molar-refractivity contribution in [2.45, 2.75) is 25.8 Å². The minimum atomic E-state index is -0.195. The third kappa shape index (κ3) is 3.88. The van der Waals surface area contributed by atoms with Gasteiger partial charge in [0.25, 0.3) is 5.91 Å². The summed E-state index contributed by atoms with van der Waals surface area (Å²) in [6, 6.07) is 7.14. The Labute approximate surface area is 143 Å². The van der Waals surface area contributed by atoms with E-state index in [4.69, 9.17) is 0 Å². The Morgan fingerprint density at radius 3 is 2.50 bits per heavy atom. The fourth-order valence-corrected chi connectivity index (χ4v) is 3.62. The van der Waals surface area contributed by atoms with Crippen LogP contribution in [-0.2, 0) is 4.79 Å². The van der Waals surface area contributed by atoms with Crippen LogP contribution in [0.25, 0.3) is 0 Å². The van der Waals surface area contributed by atoms with Crippen LogP contribution in [0.3, 0.4) is 0 Å². The van der Waals surface area contributed by atoms with Gasteiger partial charge in [-0.1, -0.05) is 5.92 Å². The molecular formula is C19H24FN3O. The number of likely N-dealkylation sites (tertiary alicyclic amines) is 1. The molecule has 0 N–H and O–H groups in total. The summed E-state index contributed by atoms with van der Waals surface area (Å²) in [6.07, 6.45) is 2.18. The van der Waals surface area contributed by atoms with E-state index < -0.39 is 0 Å².